The average molecular weight is 193 g/mol. The van der Waals surface area contributed by atoms with Crippen LogP contribution >= 0.6 is 12.2 Å². The van der Waals surface area contributed by atoms with E-state index in [4.69, 9.17) is 18.0 Å². The second-order valence-corrected chi connectivity index (χ2v) is 3.85. The largest absolute Gasteiger partial charge is 0.393 e. The van der Waals surface area contributed by atoms with Crippen LogP contribution < -0.4 is 5.73 Å². The second kappa shape index (κ2) is 4.38. The van der Waals surface area contributed by atoms with Gasteiger partial charge >= 0.3 is 0 Å². The average Bonchev–Trinajstić information content (AvgIpc) is 2.07. The van der Waals surface area contributed by atoms with Crippen molar-refractivity contribution in [2.24, 2.45) is 5.73 Å². The van der Waals surface area contributed by atoms with Crippen molar-refractivity contribution in [2.75, 3.05) is 0 Å². The van der Waals surface area contributed by atoms with E-state index < -0.39 is 0 Å². The first-order valence-electron chi connectivity index (χ1n) is 4.44. The predicted octanol–water partition coefficient (Wildman–Crippen LogP) is 2.52. The van der Waals surface area contributed by atoms with Crippen molar-refractivity contribution in [3.63, 3.8) is 0 Å². The molecule has 0 heterocycles. The zero-order valence-electron chi connectivity index (χ0n) is 8.13. The minimum absolute atomic E-state index is 0.598. The molecule has 0 aromatic heterocycles. The topological polar surface area (TPSA) is 26.0 Å². The summed E-state index contributed by atoms with van der Waals surface area (Å²) in [5.74, 6) is 0. The number of aryl methyl sites for hydroxylation is 2. The molecule has 0 fully saturated rings. The molecule has 2 heteroatoms. The summed E-state index contributed by atoms with van der Waals surface area (Å²) in [4.78, 5) is 0.598. The lowest BCUT2D eigenvalue weighted by Crippen LogP contribution is -2.09. The molecule has 13 heavy (non-hydrogen) atoms. The molecule has 2 N–H and O–H groups in total. The van der Waals surface area contributed by atoms with Crippen LogP contribution in [0.3, 0.4) is 0 Å². The molecule has 1 rings (SSSR count). The molecule has 70 valence electrons. The molecule has 0 spiro atoms. The Labute approximate surface area is 85.0 Å². The highest BCUT2D eigenvalue weighted by molar-refractivity contribution is 7.80. The molecule has 0 unspecified atom stereocenters. The minimum atomic E-state index is 0.598. The van der Waals surface area contributed by atoms with E-state index >= 15 is 0 Å². The lowest BCUT2D eigenvalue weighted by molar-refractivity contribution is 1.02. The van der Waals surface area contributed by atoms with Crippen LogP contribution in [0.4, 0.5) is 0 Å². The van der Waals surface area contributed by atoms with Gasteiger partial charge in [-0.05, 0) is 37.0 Å². The van der Waals surface area contributed by atoms with Crippen LogP contribution in [0.25, 0.3) is 0 Å². The van der Waals surface area contributed by atoms with Gasteiger partial charge in [-0.15, -0.1) is 0 Å². The quantitative estimate of drug-likeness (QED) is 0.746. The van der Waals surface area contributed by atoms with E-state index in [1.165, 1.54) is 16.7 Å². The Hall–Kier alpha value is -0.890. The first-order chi connectivity index (χ1) is 6.11. The van der Waals surface area contributed by atoms with E-state index in [-0.39, 0.29) is 0 Å². The first kappa shape index (κ1) is 10.2. The summed E-state index contributed by atoms with van der Waals surface area (Å²) in [5, 5.41) is 0. The molecule has 1 aromatic carbocycles. The molecular formula is C11H15NS. The smallest absolute Gasteiger partial charge is 0.0730 e. The van der Waals surface area contributed by atoms with Gasteiger partial charge in [0.1, 0.15) is 0 Å². The zero-order valence-corrected chi connectivity index (χ0v) is 8.95. The second-order valence-electron chi connectivity index (χ2n) is 3.33. The van der Waals surface area contributed by atoms with E-state index in [1.54, 1.807) is 0 Å². The van der Waals surface area contributed by atoms with Crippen LogP contribution in [0.15, 0.2) is 18.2 Å². The van der Waals surface area contributed by atoms with Crippen molar-refractivity contribution >= 4 is 17.2 Å². The molecule has 0 aliphatic rings. The third-order valence-electron chi connectivity index (χ3n) is 2.36. The summed E-state index contributed by atoms with van der Waals surface area (Å²) >= 11 is 4.85. The summed E-state index contributed by atoms with van der Waals surface area (Å²) in [6.07, 6.45) is 1.77. The first-order valence-corrected chi connectivity index (χ1v) is 4.85. The van der Waals surface area contributed by atoms with E-state index in [9.17, 15) is 0 Å². The number of hydrogen-bond donors (Lipinski definition) is 1. The van der Waals surface area contributed by atoms with Crippen molar-refractivity contribution in [3.05, 3.63) is 34.9 Å². The van der Waals surface area contributed by atoms with Crippen LogP contribution in [0.2, 0.25) is 0 Å². The Morgan fingerprint density at radius 2 is 2.08 bits per heavy atom. The van der Waals surface area contributed by atoms with E-state index in [0.29, 0.717) is 4.99 Å². The molecular weight excluding hydrogens is 178 g/mol. The highest BCUT2D eigenvalue weighted by Gasteiger charge is 2.00. The predicted molar refractivity (Wildman–Crippen MR) is 61.0 cm³/mol. The van der Waals surface area contributed by atoms with Gasteiger partial charge in [-0.3, -0.25) is 0 Å². The number of benzene rings is 1. The molecule has 1 aromatic rings. The van der Waals surface area contributed by atoms with Crippen molar-refractivity contribution in [1.82, 2.24) is 0 Å². The van der Waals surface area contributed by atoms with Crippen LogP contribution in [-0.2, 0) is 6.42 Å². The number of thiocarbonyl (C=S) groups is 1. The maximum Gasteiger partial charge on any atom is 0.0730 e. The van der Waals surface area contributed by atoms with Gasteiger partial charge in [0.2, 0.25) is 0 Å². The molecule has 0 saturated carbocycles. The fourth-order valence-electron chi connectivity index (χ4n) is 1.34. The lowest BCUT2D eigenvalue weighted by Gasteiger charge is -2.07. The number of hydrogen-bond acceptors (Lipinski definition) is 1. The summed E-state index contributed by atoms with van der Waals surface area (Å²) in [5.41, 5.74) is 9.51. The Kier molecular flexibility index (Phi) is 3.43. The fourth-order valence-corrected chi connectivity index (χ4v) is 1.44. The SMILES string of the molecule is Cc1cccc(CCC(N)=S)c1C. The Balaban J connectivity index is 2.77. The molecule has 1 nitrogen and oxygen atoms in total. The summed E-state index contributed by atoms with van der Waals surface area (Å²) in [6, 6.07) is 6.34. The normalized spacial score (nSPS) is 10.0. The van der Waals surface area contributed by atoms with Crippen LogP contribution in [0, 0.1) is 13.8 Å². The van der Waals surface area contributed by atoms with Crippen LogP contribution in [0.5, 0.6) is 0 Å². The van der Waals surface area contributed by atoms with Gasteiger partial charge in [-0.1, -0.05) is 30.4 Å². The van der Waals surface area contributed by atoms with Crippen molar-refractivity contribution in [3.8, 4) is 0 Å². The highest BCUT2D eigenvalue weighted by atomic mass is 32.1. The number of nitrogens with two attached hydrogens (primary N) is 1. The minimum Gasteiger partial charge on any atom is -0.393 e. The van der Waals surface area contributed by atoms with Gasteiger partial charge in [0.25, 0.3) is 0 Å². The molecule has 0 saturated heterocycles. The maximum absolute atomic E-state index is 5.46. The molecule has 0 aliphatic heterocycles. The molecule has 0 amide bonds. The third-order valence-corrected chi connectivity index (χ3v) is 2.56. The maximum atomic E-state index is 5.46. The Bertz CT molecular complexity index is 318. The van der Waals surface area contributed by atoms with Crippen molar-refractivity contribution in [1.29, 1.82) is 0 Å². The summed E-state index contributed by atoms with van der Waals surface area (Å²) < 4.78 is 0. The molecule has 0 atom stereocenters. The third kappa shape index (κ3) is 2.81. The van der Waals surface area contributed by atoms with E-state index in [2.05, 4.69) is 32.0 Å². The standard InChI is InChI=1S/C11H15NS/c1-8-4-3-5-10(9(8)2)6-7-11(12)13/h3-5H,6-7H2,1-2H3,(H2,12,13). The van der Waals surface area contributed by atoms with Gasteiger partial charge in [-0.2, -0.15) is 0 Å². The fraction of sp³-hybridized carbons (Fsp3) is 0.364. The van der Waals surface area contributed by atoms with Gasteiger partial charge in [-0.25, -0.2) is 0 Å². The van der Waals surface area contributed by atoms with Gasteiger partial charge in [0, 0.05) is 6.42 Å². The van der Waals surface area contributed by atoms with Crippen molar-refractivity contribution in [2.45, 2.75) is 26.7 Å². The van der Waals surface area contributed by atoms with Gasteiger partial charge in [0.05, 0.1) is 4.99 Å². The van der Waals surface area contributed by atoms with E-state index in [1.807, 2.05) is 0 Å². The van der Waals surface area contributed by atoms with Gasteiger partial charge < -0.3 is 5.73 Å². The molecule has 0 radical (unpaired) electrons. The van der Waals surface area contributed by atoms with Gasteiger partial charge in [0.15, 0.2) is 0 Å². The molecule has 0 bridgehead atoms. The van der Waals surface area contributed by atoms with Crippen LogP contribution in [-0.4, -0.2) is 4.99 Å². The lowest BCUT2D eigenvalue weighted by atomic mass is 10.00. The Morgan fingerprint density at radius 1 is 1.38 bits per heavy atom. The van der Waals surface area contributed by atoms with E-state index in [0.717, 1.165) is 12.8 Å². The monoisotopic (exact) mass is 193 g/mol. The number of rotatable bonds is 3. The van der Waals surface area contributed by atoms with Crippen molar-refractivity contribution < 1.29 is 0 Å². The zero-order chi connectivity index (χ0) is 9.84. The summed E-state index contributed by atoms with van der Waals surface area (Å²) in [7, 11) is 0. The Morgan fingerprint density at radius 3 is 2.69 bits per heavy atom. The summed E-state index contributed by atoms with van der Waals surface area (Å²) in [6.45, 7) is 4.27. The highest BCUT2D eigenvalue weighted by Crippen LogP contribution is 2.14. The van der Waals surface area contributed by atoms with Crippen LogP contribution in [0.1, 0.15) is 23.1 Å². The molecule has 0 aliphatic carbocycles.